The van der Waals surface area contributed by atoms with Crippen LogP contribution >= 0.6 is 22.7 Å². The molecule has 1 N–H and O–H groups in total. The van der Waals surface area contributed by atoms with Gasteiger partial charge in [-0.3, -0.25) is 4.79 Å². The van der Waals surface area contributed by atoms with Crippen molar-refractivity contribution in [2.45, 2.75) is 13.8 Å². The molecular weight excluding hydrogens is 356 g/mol. The fraction of sp³-hybridized carbons (Fsp3) is 0.353. The van der Waals surface area contributed by atoms with Gasteiger partial charge in [0.05, 0.1) is 28.9 Å². The van der Waals surface area contributed by atoms with Crippen molar-refractivity contribution in [1.82, 2.24) is 9.97 Å². The average molecular weight is 374 g/mol. The maximum absolute atomic E-state index is 12.3. The standard InChI is InChI=1S/C17H18N4O2S2/c1-9-10(2)24-16(18-9)20-15(22)11-7-21(8-11)17-19-13-5-4-12(23-3)6-14(13)25-17/h4-6,11H,7-8H2,1-3H3,(H,18,20,22). The molecule has 0 atom stereocenters. The minimum absolute atomic E-state index is 0.0222. The number of thiazole rings is 2. The van der Waals surface area contributed by atoms with E-state index in [9.17, 15) is 4.79 Å². The minimum atomic E-state index is -0.0222. The largest absolute Gasteiger partial charge is 0.497 e. The van der Waals surface area contributed by atoms with Crippen molar-refractivity contribution in [3.05, 3.63) is 28.8 Å². The molecule has 1 aliphatic rings. The number of aryl methyl sites for hydroxylation is 2. The van der Waals surface area contributed by atoms with Crippen molar-refractivity contribution in [3.63, 3.8) is 0 Å². The van der Waals surface area contributed by atoms with Crippen molar-refractivity contribution in [1.29, 1.82) is 0 Å². The number of rotatable bonds is 4. The second-order valence-electron chi connectivity index (χ2n) is 6.08. The van der Waals surface area contributed by atoms with Gasteiger partial charge in [-0.2, -0.15) is 0 Å². The van der Waals surface area contributed by atoms with Crippen LogP contribution in [0.4, 0.5) is 10.3 Å². The van der Waals surface area contributed by atoms with E-state index in [-0.39, 0.29) is 11.8 Å². The summed E-state index contributed by atoms with van der Waals surface area (Å²) in [6.07, 6.45) is 0. The molecule has 0 spiro atoms. The minimum Gasteiger partial charge on any atom is -0.497 e. The number of amides is 1. The molecule has 0 radical (unpaired) electrons. The summed E-state index contributed by atoms with van der Waals surface area (Å²) >= 11 is 3.15. The van der Waals surface area contributed by atoms with Crippen LogP contribution in [0.25, 0.3) is 10.2 Å². The lowest BCUT2D eigenvalue weighted by Gasteiger charge is -2.37. The lowest BCUT2D eigenvalue weighted by Crippen LogP contribution is -2.52. The van der Waals surface area contributed by atoms with Gasteiger partial charge in [-0.25, -0.2) is 9.97 Å². The Morgan fingerprint density at radius 3 is 2.76 bits per heavy atom. The van der Waals surface area contributed by atoms with E-state index < -0.39 is 0 Å². The summed E-state index contributed by atoms with van der Waals surface area (Å²) in [5, 5.41) is 4.57. The molecule has 2 aromatic heterocycles. The molecular formula is C17H18N4O2S2. The lowest BCUT2D eigenvalue weighted by atomic mass is 10.0. The van der Waals surface area contributed by atoms with E-state index in [1.54, 1.807) is 18.4 Å². The lowest BCUT2D eigenvalue weighted by molar-refractivity contribution is -0.120. The smallest absolute Gasteiger partial charge is 0.232 e. The highest BCUT2D eigenvalue weighted by Crippen LogP contribution is 2.35. The topological polar surface area (TPSA) is 67.3 Å². The monoisotopic (exact) mass is 374 g/mol. The van der Waals surface area contributed by atoms with Crippen molar-refractivity contribution in [3.8, 4) is 5.75 Å². The molecule has 6 nitrogen and oxygen atoms in total. The molecule has 8 heteroatoms. The van der Waals surface area contributed by atoms with Gasteiger partial charge in [-0.05, 0) is 32.0 Å². The Balaban J connectivity index is 1.40. The second-order valence-corrected chi connectivity index (χ2v) is 8.29. The molecule has 0 saturated carbocycles. The Bertz CT molecular complexity index is 924. The summed E-state index contributed by atoms with van der Waals surface area (Å²) < 4.78 is 6.35. The number of carbonyl (C=O) groups is 1. The second kappa shape index (κ2) is 6.27. The van der Waals surface area contributed by atoms with Gasteiger partial charge >= 0.3 is 0 Å². The maximum atomic E-state index is 12.3. The Morgan fingerprint density at radius 2 is 2.08 bits per heavy atom. The summed E-state index contributed by atoms with van der Waals surface area (Å²) in [7, 11) is 1.66. The number of hydrogen-bond donors (Lipinski definition) is 1. The number of aromatic nitrogens is 2. The normalized spacial score (nSPS) is 14.6. The van der Waals surface area contributed by atoms with Gasteiger partial charge in [0.1, 0.15) is 5.75 Å². The molecule has 3 aromatic rings. The molecule has 0 unspecified atom stereocenters. The molecule has 1 aromatic carbocycles. The van der Waals surface area contributed by atoms with Crippen molar-refractivity contribution in [2.24, 2.45) is 5.92 Å². The molecule has 0 bridgehead atoms. The molecule has 1 saturated heterocycles. The van der Waals surface area contributed by atoms with Gasteiger partial charge in [0, 0.05) is 18.0 Å². The zero-order valence-electron chi connectivity index (χ0n) is 14.2. The Kier molecular flexibility index (Phi) is 4.09. The number of methoxy groups -OCH3 is 1. The molecule has 1 amide bonds. The van der Waals surface area contributed by atoms with Crippen LogP contribution in [0.5, 0.6) is 5.75 Å². The summed E-state index contributed by atoms with van der Waals surface area (Å²) in [6, 6.07) is 5.87. The van der Waals surface area contributed by atoms with E-state index >= 15 is 0 Å². The van der Waals surface area contributed by atoms with E-state index in [4.69, 9.17) is 4.74 Å². The van der Waals surface area contributed by atoms with E-state index in [0.717, 1.165) is 31.7 Å². The van der Waals surface area contributed by atoms with E-state index in [1.807, 2.05) is 32.0 Å². The first-order valence-corrected chi connectivity index (χ1v) is 9.61. The Hall–Kier alpha value is -2.19. The van der Waals surface area contributed by atoms with Crippen LogP contribution in [0.1, 0.15) is 10.6 Å². The molecule has 4 rings (SSSR count). The highest BCUT2D eigenvalue weighted by atomic mass is 32.1. The fourth-order valence-corrected chi connectivity index (χ4v) is 4.52. The highest BCUT2D eigenvalue weighted by Gasteiger charge is 2.34. The summed E-state index contributed by atoms with van der Waals surface area (Å²) in [5.41, 5.74) is 1.93. The predicted octanol–water partition coefficient (Wildman–Crippen LogP) is 3.45. The van der Waals surface area contributed by atoms with E-state index in [2.05, 4.69) is 20.2 Å². The first-order chi connectivity index (χ1) is 12.0. The van der Waals surface area contributed by atoms with Gasteiger partial charge < -0.3 is 15.0 Å². The zero-order valence-corrected chi connectivity index (χ0v) is 15.8. The fourth-order valence-electron chi connectivity index (χ4n) is 2.69. The number of nitrogens with zero attached hydrogens (tertiary/aromatic N) is 3. The van der Waals surface area contributed by atoms with Crippen molar-refractivity contribution < 1.29 is 9.53 Å². The van der Waals surface area contributed by atoms with Gasteiger partial charge in [0.25, 0.3) is 0 Å². The quantitative estimate of drug-likeness (QED) is 0.758. The number of carbonyl (C=O) groups excluding carboxylic acids is 1. The number of fused-ring (bicyclic) bond motifs is 1. The molecule has 1 fully saturated rings. The number of benzene rings is 1. The first kappa shape index (κ1) is 16.3. The molecule has 130 valence electrons. The van der Waals surface area contributed by atoms with Crippen LogP contribution < -0.4 is 15.0 Å². The van der Waals surface area contributed by atoms with Crippen LogP contribution in [0.15, 0.2) is 18.2 Å². The van der Waals surface area contributed by atoms with Gasteiger partial charge in [0.2, 0.25) is 5.91 Å². The summed E-state index contributed by atoms with van der Waals surface area (Å²) in [5.74, 6) is 0.844. The third-order valence-electron chi connectivity index (χ3n) is 4.37. The molecule has 0 aliphatic carbocycles. The van der Waals surface area contributed by atoms with Gasteiger partial charge in [0.15, 0.2) is 10.3 Å². The Labute approximate surface area is 153 Å². The predicted molar refractivity (Wildman–Crippen MR) is 102 cm³/mol. The van der Waals surface area contributed by atoms with E-state index in [0.29, 0.717) is 18.2 Å². The third-order valence-corrected chi connectivity index (χ3v) is 6.43. The van der Waals surface area contributed by atoms with Crippen molar-refractivity contribution >= 4 is 49.1 Å². The number of ether oxygens (including phenoxy) is 1. The van der Waals surface area contributed by atoms with Crippen LogP contribution in [0.2, 0.25) is 0 Å². The Morgan fingerprint density at radius 1 is 1.28 bits per heavy atom. The average Bonchev–Trinajstić information content (AvgIpc) is 3.08. The molecule has 3 heterocycles. The molecule has 25 heavy (non-hydrogen) atoms. The summed E-state index contributed by atoms with van der Waals surface area (Å²) in [4.78, 5) is 24.6. The van der Waals surface area contributed by atoms with E-state index in [1.165, 1.54) is 11.3 Å². The van der Waals surface area contributed by atoms with Crippen LogP contribution in [-0.2, 0) is 4.79 Å². The van der Waals surface area contributed by atoms with Crippen LogP contribution in [0, 0.1) is 19.8 Å². The molecule has 1 aliphatic heterocycles. The maximum Gasteiger partial charge on any atom is 0.232 e. The first-order valence-electron chi connectivity index (χ1n) is 7.98. The number of hydrogen-bond acceptors (Lipinski definition) is 7. The third kappa shape index (κ3) is 3.07. The van der Waals surface area contributed by atoms with Crippen molar-refractivity contribution in [2.75, 3.05) is 30.4 Å². The zero-order chi connectivity index (χ0) is 17.6. The number of nitrogens with one attached hydrogen (secondary N) is 1. The van der Waals surface area contributed by atoms with Crippen LogP contribution in [-0.4, -0.2) is 36.1 Å². The van der Waals surface area contributed by atoms with Gasteiger partial charge in [-0.15, -0.1) is 11.3 Å². The highest BCUT2D eigenvalue weighted by molar-refractivity contribution is 7.22. The van der Waals surface area contributed by atoms with Gasteiger partial charge in [-0.1, -0.05) is 11.3 Å². The van der Waals surface area contributed by atoms with Crippen LogP contribution in [0.3, 0.4) is 0 Å². The SMILES string of the molecule is COc1ccc2nc(N3CC(C(=O)Nc4nc(C)c(C)s4)C3)sc2c1. The summed E-state index contributed by atoms with van der Waals surface area (Å²) in [6.45, 7) is 5.34. The number of anilines is 2.